The highest BCUT2D eigenvalue weighted by molar-refractivity contribution is 5.91. The van der Waals surface area contributed by atoms with E-state index in [2.05, 4.69) is 6.58 Å². The minimum Gasteiger partial charge on any atom is -0.395 e. The van der Waals surface area contributed by atoms with E-state index in [-0.39, 0.29) is 13.0 Å². The predicted molar refractivity (Wildman–Crippen MR) is 45.5 cm³/mol. The van der Waals surface area contributed by atoms with E-state index in [0.29, 0.717) is 0 Å². The molecule has 0 aromatic rings. The monoisotopic (exact) mass is 146 g/mol. The van der Waals surface area contributed by atoms with Gasteiger partial charge in [0, 0.05) is 15.5 Å². The number of carbonyl (C=O) groups is 1. The second-order valence-electron chi connectivity index (χ2n) is 1.72. The molecule has 0 aromatic heterocycles. The lowest BCUT2D eigenvalue weighted by Gasteiger charge is -2.07. The van der Waals surface area contributed by atoms with Crippen molar-refractivity contribution in [2.24, 2.45) is 5.73 Å². The largest absolute Gasteiger partial charge is 0.395 e. The van der Waals surface area contributed by atoms with Crippen LogP contribution in [-0.4, -0.2) is 24.9 Å². The zero-order valence-corrected chi connectivity index (χ0v) is 7.14. The van der Waals surface area contributed by atoms with Gasteiger partial charge in [0.15, 0.2) is 0 Å². The van der Waals surface area contributed by atoms with Gasteiger partial charge in [-0.15, -0.1) is 0 Å². The Morgan fingerprint density at radius 3 is 1.80 bits per heavy atom. The van der Waals surface area contributed by atoms with Crippen LogP contribution < -0.4 is 5.73 Å². The Hall–Kier alpha value is -0.990. The Morgan fingerprint density at radius 1 is 1.50 bits per heavy atom. The molecule has 0 saturated carbocycles. The first-order valence-corrected chi connectivity index (χ1v) is 3.21. The van der Waals surface area contributed by atoms with Crippen molar-refractivity contribution in [3.05, 3.63) is 12.3 Å². The van der Waals surface area contributed by atoms with Crippen molar-refractivity contribution in [1.29, 1.82) is 0 Å². The van der Waals surface area contributed by atoms with Crippen molar-refractivity contribution in [2.45, 2.75) is 13.8 Å². The van der Waals surface area contributed by atoms with E-state index in [4.69, 9.17) is 5.73 Å². The van der Waals surface area contributed by atoms with Gasteiger partial charge < -0.3 is 10.6 Å². The summed E-state index contributed by atoms with van der Waals surface area (Å²) < 4.78 is 0. The lowest BCUT2D eigenvalue weighted by atomic mass is 10.4. The van der Waals surface area contributed by atoms with Crippen molar-refractivity contribution in [1.82, 2.24) is 4.90 Å². The maximum absolute atomic E-state index is 10.5. The van der Waals surface area contributed by atoms with Crippen LogP contribution in [0.5, 0.6) is 0 Å². The topological polar surface area (TPSA) is 46.3 Å². The second-order valence-corrected chi connectivity index (χ2v) is 1.72. The van der Waals surface area contributed by atoms with Gasteiger partial charge in [-0.2, -0.15) is 0 Å². The van der Waals surface area contributed by atoms with E-state index in [1.54, 1.807) is 14.1 Å². The van der Waals surface area contributed by atoms with E-state index in [1.807, 2.05) is 13.8 Å². The third-order valence-corrected chi connectivity index (χ3v) is 0.681. The van der Waals surface area contributed by atoms with Crippen LogP contribution in [-0.2, 0) is 4.79 Å². The minimum atomic E-state index is -0.231. The predicted octanol–water partition coefficient (Wildman–Crippen LogP) is 0.819. The molecule has 0 saturated heterocycles. The van der Waals surface area contributed by atoms with Crippen molar-refractivity contribution in [2.75, 3.05) is 14.1 Å². The van der Waals surface area contributed by atoms with Crippen LogP contribution in [0.25, 0.3) is 0 Å². The molecule has 0 radical (unpaired) electrons. The molecule has 10 heavy (non-hydrogen) atoms. The lowest BCUT2D eigenvalue weighted by molar-refractivity contribution is -0.124. The average Bonchev–Trinajstić information content (AvgIpc) is 1.90. The molecular formula is C7H18N2O. The standard InChI is InChI=1S/C5H10N2O.C2H6.H2/c1-4(6)5(8)7(2)3;1-2;/h1,6H2,2-3H3;1-2H3;1H. The maximum Gasteiger partial charge on any atom is 0.268 e. The SMILES string of the molecule is C=C(N)C(=O)N(C)C.CC.[HH]. The molecule has 0 bridgehead atoms. The van der Waals surface area contributed by atoms with Gasteiger partial charge in [-0.05, 0) is 0 Å². The number of hydrogen-bond acceptors (Lipinski definition) is 2. The van der Waals surface area contributed by atoms with Crippen LogP contribution in [0.15, 0.2) is 12.3 Å². The number of carbonyl (C=O) groups excluding carboxylic acids is 1. The van der Waals surface area contributed by atoms with Crippen molar-refractivity contribution in [3.8, 4) is 0 Å². The molecule has 0 atom stereocenters. The van der Waals surface area contributed by atoms with Crippen molar-refractivity contribution < 1.29 is 6.22 Å². The Bertz CT molecular complexity index is 124. The molecule has 2 N–H and O–H groups in total. The fourth-order valence-electron chi connectivity index (χ4n) is 0.287. The first-order valence-electron chi connectivity index (χ1n) is 3.21. The Balaban J connectivity index is -0.000000196. The van der Waals surface area contributed by atoms with Crippen molar-refractivity contribution >= 4 is 5.91 Å². The first-order chi connectivity index (χ1) is 4.55. The van der Waals surface area contributed by atoms with Gasteiger partial charge in [0.2, 0.25) is 0 Å². The Labute approximate surface area is 64.0 Å². The number of hydrogen-bond donors (Lipinski definition) is 1. The zero-order chi connectivity index (χ0) is 8.73. The quantitative estimate of drug-likeness (QED) is 0.557. The van der Waals surface area contributed by atoms with E-state index in [1.165, 1.54) is 4.90 Å². The van der Waals surface area contributed by atoms with Crippen LogP contribution in [0.3, 0.4) is 0 Å². The summed E-state index contributed by atoms with van der Waals surface area (Å²) in [6.07, 6.45) is 0. The first kappa shape index (κ1) is 11.8. The summed E-state index contributed by atoms with van der Waals surface area (Å²) in [6.45, 7) is 7.26. The van der Waals surface area contributed by atoms with Crippen LogP contribution in [0, 0.1) is 0 Å². The molecule has 0 unspecified atom stereocenters. The summed E-state index contributed by atoms with van der Waals surface area (Å²) in [5.74, 6) is -0.231. The van der Waals surface area contributed by atoms with E-state index >= 15 is 0 Å². The number of nitrogens with two attached hydrogens (primary N) is 1. The van der Waals surface area contributed by atoms with Crippen LogP contribution >= 0.6 is 0 Å². The minimum absolute atomic E-state index is 0. The molecule has 0 aliphatic heterocycles. The Morgan fingerprint density at radius 2 is 1.80 bits per heavy atom. The summed E-state index contributed by atoms with van der Waals surface area (Å²) in [4.78, 5) is 11.9. The van der Waals surface area contributed by atoms with Crippen LogP contribution in [0.4, 0.5) is 0 Å². The van der Waals surface area contributed by atoms with Crippen LogP contribution in [0.1, 0.15) is 15.3 Å². The molecule has 62 valence electrons. The zero-order valence-electron chi connectivity index (χ0n) is 7.14. The number of nitrogens with zero attached hydrogens (tertiary/aromatic N) is 1. The molecular weight excluding hydrogens is 128 g/mol. The smallest absolute Gasteiger partial charge is 0.268 e. The molecule has 0 aliphatic rings. The van der Waals surface area contributed by atoms with Gasteiger partial charge >= 0.3 is 0 Å². The molecule has 0 fully saturated rings. The molecule has 0 spiro atoms. The van der Waals surface area contributed by atoms with E-state index in [0.717, 1.165) is 0 Å². The summed E-state index contributed by atoms with van der Waals surface area (Å²) in [5.41, 5.74) is 5.13. The highest BCUT2D eigenvalue weighted by Crippen LogP contribution is 1.83. The maximum atomic E-state index is 10.5. The van der Waals surface area contributed by atoms with Crippen LogP contribution in [0.2, 0.25) is 0 Å². The highest BCUT2D eigenvalue weighted by Gasteiger charge is 2.02. The third-order valence-electron chi connectivity index (χ3n) is 0.681. The normalized spacial score (nSPS) is 7.20. The average molecular weight is 146 g/mol. The van der Waals surface area contributed by atoms with Gasteiger partial charge in [0.1, 0.15) is 0 Å². The van der Waals surface area contributed by atoms with Gasteiger partial charge in [0.05, 0.1) is 5.70 Å². The van der Waals surface area contributed by atoms with E-state index in [9.17, 15) is 4.79 Å². The highest BCUT2D eigenvalue weighted by atomic mass is 16.2. The summed E-state index contributed by atoms with van der Waals surface area (Å²) >= 11 is 0. The summed E-state index contributed by atoms with van der Waals surface area (Å²) in [6, 6.07) is 0. The fourth-order valence-corrected chi connectivity index (χ4v) is 0.287. The lowest BCUT2D eigenvalue weighted by Crippen LogP contribution is -2.26. The molecule has 0 rings (SSSR count). The number of amides is 1. The molecule has 0 heterocycles. The third kappa shape index (κ3) is 5.15. The number of likely N-dealkylation sites (N-methyl/N-ethyl adjacent to an activating group) is 1. The van der Waals surface area contributed by atoms with E-state index < -0.39 is 0 Å². The van der Waals surface area contributed by atoms with Crippen molar-refractivity contribution in [3.63, 3.8) is 0 Å². The second kappa shape index (κ2) is 6.13. The summed E-state index contributed by atoms with van der Waals surface area (Å²) in [5, 5.41) is 0. The van der Waals surface area contributed by atoms with Gasteiger partial charge in [-0.3, -0.25) is 4.79 Å². The molecule has 3 heteroatoms. The molecule has 0 aliphatic carbocycles. The van der Waals surface area contributed by atoms with Gasteiger partial charge in [-0.1, -0.05) is 20.4 Å². The fraction of sp³-hybridized carbons (Fsp3) is 0.571. The molecule has 0 aromatic carbocycles. The summed E-state index contributed by atoms with van der Waals surface area (Å²) in [7, 11) is 3.25. The number of rotatable bonds is 1. The van der Waals surface area contributed by atoms with Gasteiger partial charge in [0.25, 0.3) is 5.91 Å². The molecule has 1 amide bonds. The molecule has 3 nitrogen and oxygen atoms in total. The van der Waals surface area contributed by atoms with Gasteiger partial charge in [-0.25, -0.2) is 0 Å². The Kier molecular flexibility index (Phi) is 7.22.